The Morgan fingerprint density at radius 2 is 1.93 bits per heavy atom. The van der Waals surface area contributed by atoms with Gasteiger partial charge in [-0.3, -0.25) is 14.5 Å². The third-order valence-electron chi connectivity index (χ3n) is 4.81. The van der Waals surface area contributed by atoms with Crippen LogP contribution in [0.5, 0.6) is 11.5 Å². The third kappa shape index (κ3) is 3.49. The number of fused-ring (bicyclic) bond motifs is 1. The van der Waals surface area contributed by atoms with E-state index in [1.807, 2.05) is 23.6 Å². The Kier molecular flexibility index (Phi) is 5.34. The molecule has 0 atom stereocenters. The molecule has 2 aromatic rings. The van der Waals surface area contributed by atoms with Crippen molar-refractivity contribution in [3.63, 3.8) is 0 Å². The average Bonchev–Trinajstić information content (AvgIpc) is 3.42. The molecular weight excluding hydrogens is 376 g/mol. The molecule has 0 saturated carbocycles. The van der Waals surface area contributed by atoms with Crippen LogP contribution in [0.15, 0.2) is 41.4 Å². The minimum absolute atomic E-state index is 0.185. The summed E-state index contributed by atoms with van der Waals surface area (Å²) in [6.07, 6.45) is 4.04. The number of thiophene rings is 1. The first-order valence-corrected chi connectivity index (χ1v) is 10.4. The van der Waals surface area contributed by atoms with Crippen LogP contribution in [0, 0.1) is 0 Å². The molecule has 6 nitrogen and oxygen atoms in total. The minimum atomic E-state index is -0.275. The zero-order valence-corrected chi connectivity index (χ0v) is 16.5. The number of nitrogens with zero attached hydrogens (tertiary/aromatic N) is 1. The highest BCUT2D eigenvalue weighted by Gasteiger charge is 2.39. The van der Waals surface area contributed by atoms with Crippen LogP contribution in [0.3, 0.4) is 0 Å². The Balaban J connectivity index is 1.61. The Morgan fingerprint density at radius 3 is 2.71 bits per heavy atom. The number of hydrogen-bond acceptors (Lipinski definition) is 6. The lowest BCUT2D eigenvalue weighted by atomic mass is 10.1. The van der Waals surface area contributed by atoms with E-state index in [0.717, 1.165) is 30.6 Å². The molecule has 1 N–H and O–H groups in total. The fourth-order valence-corrected chi connectivity index (χ4v) is 4.13. The predicted octanol–water partition coefficient (Wildman–Crippen LogP) is 4.25. The van der Waals surface area contributed by atoms with Crippen molar-refractivity contribution in [2.24, 2.45) is 0 Å². The number of nitrogens with one attached hydrogen (secondary N) is 1. The smallest absolute Gasteiger partial charge is 0.278 e. The van der Waals surface area contributed by atoms with Crippen LogP contribution in [-0.4, -0.2) is 30.1 Å². The maximum atomic E-state index is 13.1. The van der Waals surface area contributed by atoms with Gasteiger partial charge in [-0.2, -0.15) is 0 Å². The van der Waals surface area contributed by atoms with Crippen molar-refractivity contribution in [3.8, 4) is 11.5 Å². The van der Waals surface area contributed by atoms with Crippen LogP contribution in [0.2, 0.25) is 0 Å². The van der Waals surface area contributed by atoms with Gasteiger partial charge in [0, 0.05) is 23.2 Å². The first-order chi connectivity index (χ1) is 13.7. The van der Waals surface area contributed by atoms with E-state index in [-0.39, 0.29) is 18.6 Å². The molecule has 0 spiro atoms. The van der Waals surface area contributed by atoms with Gasteiger partial charge in [0.05, 0.1) is 5.57 Å². The van der Waals surface area contributed by atoms with Crippen molar-refractivity contribution in [1.29, 1.82) is 0 Å². The number of anilines is 1. The van der Waals surface area contributed by atoms with Gasteiger partial charge in [-0.25, -0.2) is 0 Å². The summed E-state index contributed by atoms with van der Waals surface area (Å²) in [5.41, 5.74) is 1.44. The van der Waals surface area contributed by atoms with Crippen molar-refractivity contribution < 1.29 is 19.1 Å². The summed E-state index contributed by atoms with van der Waals surface area (Å²) in [6.45, 7) is 2.76. The van der Waals surface area contributed by atoms with E-state index in [9.17, 15) is 9.59 Å². The Labute approximate surface area is 167 Å². The highest BCUT2D eigenvalue weighted by molar-refractivity contribution is 7.11. The standard InChI is InChI=1S/C21H22N2O4S/c1-2-3-4-5-10-23-20(24)18(17-7-6-11-28-17)19(21(23)25)22-14-8-9-15-16(12-14)27-13-26-15/h6-9,11-12,22H,2-5,10,13H2,1H3. The fourth-order valence-electron chi connectivity index (χ4n) is 3.36. The molecule has 2 amide bonds. The van der Waals surface area contributed by atoms with Crippen LogP contribution >= 0.6 is 11.3 Å². The van der Waals surface area contributed by atoms with Crippen LogP contribution < -0.4 is 14.8 Å². The molecule has 4 rings (SSSR count). The molecule has 0 aliphatic carbocycles. The third-order valence-corrected chi connectivity index (χ3v) is 5.70. The molecule has 1 aromatic carbocycles. The number of imide groups is 1. The molecule has 2 aliphatic rings. The summed E-state index contributed by atoms with van der Waals surface area (Å²) in [6, 6.07) is 9.14. The summed E-state index contributed by atoms with van der Waals surface area (Å²) in [4.78, 5) is 28.2. The second kappa shape index (κ2) is 8.06. The van der Waals surface area contributed by atoms with Gasteiger partial charge in [-0.1, -0.05) is 32.3 Å². The second-order valence-corrected chi connectivity index (χ2v) is 7.69. The van der Waals surface area contributed by atoms with E-state index in [0.29, 0.717) is 35.0 Å². The van der Waals surface area contributed by atoms with Gasteiger partial charge in [0.15, 0.2) is 11.5 Å². The minimum Gasteiger partial charge on any atom is -0.454 e. The molecule has 0 unspecified atom stereocenters. The summed E-state index contributed by atoms with van der Waals surface area (Å²) < 4.78 is 10.7. The Morgan fingerprint density at radius 1 is 1.07 bits per heavy atom. The lowest BCUT2D eigenvalue weighted by Gasteiger charge is -2.15. The molecule has 28 heavy (non-hydrogen) atoms. The van der Waals surface area contributed by atoms with Gasteiger partial charge >= 0.3 is 0 Å². The molecule has 0 bridgehead atoms. The molecule has 7 heteroatoms. The summed E-state index contributed by atoms with van der Waals surface area (Å²) in [5, 5.41) is 5.06. The molecule has 3 heterocycles. The van der Waals surface area contributed by atoms with Crippen molar-refractivity contribution >= 4 is 34.4 Å². The van der Waals surface area contributed by atoms with Gasteiger partial charge in [-0.15, -0.1) is 11.3 Å². The largest absolute Gasteiger partial charge is 0.454 e. The van der Waals surface area contributed by atoms with Crippen molar-refractivity contribution in [1.82, 2.24) is 4.90 Å². The van der Waals surface area contributed by atoms with Crippen molar-refractivity contribution in [2.75, 3.05) is 18.7 Å². The van der Waals surface area contributed by atoms with Crippen LogP contribution in [0.25, 0.3) is 5.57 Å². The van der Waals surface area contributed by atoms with E-state index in [4.69, 9.17) is 9.47 Å². The molecule has 1 aromatic heterocycles. The van der Waals surface area contributed by atoms with E-state index < -0.39 is 0 Å². The molecule has 146 valence electrons. The zero-order valence-electron chi connectivity index (χ0n) is 15.7. The van der Waals surface area contributed by atoms with Crippen molar-refractivity contribution in [2.45, 2.75) is 32.6 Å². The first-order valence-electron chi connectivity index (χ1n) is 9.50. The normalized spacial score (nSPS) is 15.7. The summed E-state index contributed by atoms with van der Waals surface area (Å²) in [5.74, 6) is 0.788. The van der Waals surface area contributed by atoms with Crippen LogP contribution in [0.1, 0.15) is 37.5 Å². The number of carbonyl (C=O) groups is 2. The Bertz CT molecular complexity index is 920. The van der Waals surface area contributed by atoms with Gasteiger partial charge in [0.1, 0.15) is 5.70 Å². The number of amides is 2. The quantitative estimate of drug-likeness (QED) is 0.532. The number of rotatable bonds is 8. The molecule has 0 saturated heterocycles. The Hall–Kier alpha value is -2.80. The van der Waals surface area contributed by atoms with Gasteiger partial charge in [0.25, 0.3) is 11.8 Å². The number of ether oxygens (including phenoxy) is 2. The molecular formula is C21H22N2O4S. The maximum Gasteiger partial charge on any atom is 0.278 e. The SMILES string of the molecule is CCCCCCN1C(=O)C(Nc2ccc3c(c2)OCO3)=C(c2cccs2)C1=O. The van der Waals surface area contributed by atoms with Crippen LogP contribution in [-0.2, 0) is 9.59 Å². The molecule has 2 aliphatic heterocycles. The highest BCUT2D eigenvalue weighted by Crippen LogP contribution is 2.37. The van der Waals surface area contributed by atoms with E-state index in [2.05, 4.69) is 12.2 Å². The van der Waals surface area contributed by atoms with Gasteiger partial charge in [-0.05, 0) is 30.0 Å². The number of hydrogen-bond donors (Lipinski definition) is 1. The number of benzene rings is 1. The van der Waals surface area contributed by atoms with E-state index >= 15 is 0 Å². The maximum absolute atomic E-state index is 13.1. The summed E-state index contributed by atoms with van der Waals surface area (Å²) >= 11 is 1.45. The molecule has 0 fully saturated rings. The lowest BCUT2D eigenvalue weighted by Crippen LogP contribution is -2.33. The lowest BCUT2D eigenvalue weighted by molar-refractivity contribution is -0.136. The van der Waals surface area contributed by atoms with Gasteiger partial charge < -0.3 is 14.8 Å². The molecule has 0 radical (unpaired) electrons. The van der Waals surface area contributed by atoms with Crippen LogP contribution in [0.4, 0.5) is 5.69 Å². The zero-order chi connectivity index (χ0) is 19.5. The van der Waals surface area contributed by atoms with E-state index in [1.54, 1.807) is 12.1 Å². The van der Waals surface area contributed by atoms with E-state index in [1.165, 1.54) is 16.2 Å². The van der Waals surface area contributed by atoms with Crippen molar-refractivity contribution in [3.05, 3.63) is 46.3 Å². The first kappa shape index (κ1) is 18.6. The number of unbranched alkanes of at least 4 members (excludes halogenated alkanes) is 3. The topological polar surface area (TPSA) is 67.9 Å². The average molecular weight is 398 g/mol. The number of carbonyl (C=O) groups excluding carboxylic acids is 2. The van der Waals surface area contributed by atoms with Gasteiger partial charge in [0.2, 0.25) is 6.79 Å². The monoisotopic (exact) mass is 398 g/mol. The highest BCUT2D eigenvalue weighted by atomic mass is 32.1. The predicted molar refractivity (Wildman–Crippen MR) is 108 cm³/mol. The fraction of sp³-hybridized carbons (Fsp3) is 0.333. The second-order valence-electron chi connectivity index (χ2n) is 6.74. The summed E-state index contributed by atoms with van der Waals surface area (Å²) in [7, 11) is 0.